The lowest BCUT2D eigenvalue weighted by Crippen LogP contribution is -2.27. The summed E-state index contributed by atoms with van der Waals surface area (Å²) in [4.78, 5) is 25.1. The molecule has 0 amide bonds. The largest absolute Gasteiger partial charge is 0.461 e. The first kappa shape index (κ1) is 25.4. The fourth-order valence-electron chi connectivity index (χ4n) is 3.07. The predicted octanol–water partition coefficient (Wildman–Crippen LogP) is 4.03. The highest BCUT2D eigenvalue weighted by atomic mass is 32.2. The molecule has 0 aliphatic rings. The second kappa shape index (κ2) is 11.3. The van der Waals surface area contributed by atoms with Gasteiger partial charge < -0.3 is 10.5 Å². The van der Waals surface area contributed by atoms with Crippen molar-refractivity contribution in [2.75, 3.05) is 12.3 Å². The van der Waals surface area contributed by atoms with E-state index in [1.165, 1.54) is 36.4 Å². The number of Topliss-reactive ketones (excluding diaryl/α,β-unsaturated/α-hetero) is 1. The quantitative estimate of drug-likeness (QED) is 0.113. The van der Waals surface area contributed by atoms with Gasteiger partial charge in [-0.1, -0.05) is 66.3 Å². The summed E-state index contributed by atoms with van der Waals surface area (Å²) in [5.41, 5.74) is 8.37. The summed E-state index contributed by atoms with van der Waals surface area (Å²) in [5, 5.41) is 3.36. The summed E-state index contributed by atoms with van der Waals surface area (Å²) >= 11 is 0. The highest BCUT2D eigenvalue weighted by Gasteiger charge is 2.26. The number of nitrogens with two attached hydrogens (primary N) is 1. The number of oxime groups is 1. The van der Waals surface area contributed by atoms with E-state index in [9.17, 15) is 18.0 Å². The second-order valence-electron chi connectivity index (χ2n) is 7.43. The van der Waals surface area contributed by atoms with Crippen molar-refractivity contribution < 1.29 is 27.0 Å². The summed E-state index contributed by atoms with van der Waals surface area (Å²) < 4.78 is 34.2. The van der Waals surface area contributed by atoms with Gasteiger partial charge in [-0.2, -0.15) is 8.42 Å². The smallest absolute Gasteiger partial charge is 0.364 e. The number of rotatable bonds is 10. The van der Waals surface area contributed by atoms with Crippen molar-refractivity contribution >= 4 is 38.8 Å². The molecule has 0 fully saturated rings. The van der Waals surface area contributed by atoms with E-state index < -0.39 is 27.6 Å². The van der Waals surface area contributed by atoms with Crippen molar-refractivity contribution in [3.8, 4) is 0 Å². The Morgan fingerprint density at radius 1 is 0.914 bits per heavy atom. The van der Waals surface area contributed by atoms with E-state index in [2.05, 4.69) is 16.0 Å². The van der Waals surface area contributed by atoms with Gasteiger partial charge in [0.25, 0.3) is 0 Å². The SMILES string of the molecule is C=C(Cc1ccc(C(=O)C(=NOS(=O)(=O)c2ccccc2)C(=O)OCC)cc1)c1ccc(N)cc1. The van der Waals surface area contributed by atoms with Crippen LogP contribution in [0.15, 0.2) is 95.5 Å². The molecule has 3 rings (SSSR count). The monoisotopic (exact) mass is 492 g/mol. The maximum Gasteiger partial charge on any atom is 0.364 e. The summed E-state index contributed by atoms with van der Waals surface area (Å²) in [6.45, 7) is 5.60. The van der Waals surface area contributed by atoms with Crippen molar-refractivity contribution in [2.45, 2.75) is 18.2 Å². The lowest BCUT2D eigenvalue weighted by molar-refractivity contribution is -0.135. The molecule has 8 nitrogen and oxygen atoms in total. The average molecular weight is 493 g/mol. The molecule has 0 aliphatic carbocycles. The molecule has 3 aromatic rings. The van der Waals surface area contributed by atoms with Gasteiger partial charge in [-0.15, -0.1) is 0 Å². The fraction of sp³-hybridized carbons (Fsp3) is 0.115. The minimum atomic E-state index is -4.33. The second-order valence-corrected chi connectivity index (χ2v) is 8.96. The number of allylic oxidation sites excluding steroid dienone is 1. The van der Waals surface area contributed by atoms with Gasteiger partial charge in [0.1, 0.15) is 4.90 Å². The van der Waals surface area contributed by atoms with E-state index in [4.69, 9.17) is 10.5 Å². The number of benzene rings is 3. The molecular weight excluding hydrogens is 468 g/mol. The van der Waals surface area contributed by atoms with Crippen molar-refractivity contribution in [1.82, 2.24) is 0 Å². The zero-order valence-electron chi connectivity index (χ0n) is 19.0. The number of hydrogen-bond acceptors (Lipinski definition) is 8. The normalized spacial score (nSPS) is 11.5. The number of carbonyl (C=O) groups is 2. The van der Waals surface area contributed by atoms with Crippen LogP contribution in [0.25, 0.3) is 5.57 Å². The lowest BCUT2D eigenvalue weighted by Gasteiger charge is -2.09. The van der Waals surface area contributed by atoms with Gasteiger partial charge in [-0.3, -0.25) is 9.08 Å². The van der Waals surface area contributed by atoms with Crippen molar-refractivity contribution in [1.29, 1.82) is 0 Å². The Balaban J connectivity index is 1.79. The third-order valence-electron chi connectivity index (χ3n) is 4.89. The highest BCUT2D eigenvalue weighted by Crippen LogP contribution is 2.20. The van der Waals surface area contributed by atoms with Crippen LogP contribution in [-0.2, 0) is 30.4 Å². The molecule has 0 unspecified atom stereocenters. The maximum absolute atomic E-state index is 13.0. The van der Waals surface area contributed by atoms with Crippen molar-refractivity contribution in [3.63, 3.8) is 0 Å². The Morgan fingerprint density at radius 3 is 2.11 bits per heavy atom. The molecule has 0 radical (unpaired) electrons. The Bertz CT molecular complexity index is 1350. The van der Waals surface area contributed by atoms with Gasteiger partial charge in [0.05, 0.1) is 6.61 Å². The molecule has 0 aromatic heterocycles. The molecule has 3 aromatic carbocycles. The summed E-state index contributed by atoms with van der Waals surface area (Å²) in [6.07, 6.45) is 0.523. The molecule has 35 heavy (non-hydrogen) atoms. The van der Waals surface area contributed by atoms with Crippen LogP contribution in [0.3, 0.4) is 0 Å². The summed E-state index contributed by atoms with van der Waals surface area (Å²) in [5.74, 6) is -1.93. The molecule has 0 saturated heterocycles. The van der Waals surface area contributed by atoms with E-state index in [1.54, 1.807) is 37.3 Å². The van der Waals surface area contributed by atoms with Gasteiger partial charge >= 0.3 is 16.1 Å². The molecule has 0 saturated carbocycles. The first-order valence-electron chi connectivity index (χ1n) is 10.6. The fourth-order valence-corrected chi connectivity index (χ4v) is 3.81. The Morgan fingerprint density at radius 2 is 1.51 bits per heavy atom. The van der Waals surface area contributed by atoms with Crippen molar-refractivity contribution in [2.24, 2.45) is 5.16 Å². The summed E-state index contributed by atoms with van der Waals surface area (Å²) in [6, 6.07) is 21.0. The number of nitrogens with zero attached hydrogens (tertiary/aromatic N) is 1. The molecular formula is C26H24N2O6S. The number of nitrogen functional groups attached to an aromatic ring is 1. The highest BCUT2D eigenvalue weighted by molar-refractivity contribution is 7.86. The van der Waals surface area contributed by atoms with Crippen LogP contribution in [0.1, 0.15) is 28.4 Å². The van der Waals surface area contributed by atoms with Crippen LogP contribution in [0.5, 0.6) is 0 Å². The zero-order chi connectivity index (χ0) is 25.4. The van der Waals surface area contributed by atoms with Crippen LogP contribution in [0.4, 0.5) is 5.69 Å². The minimum absolute atomic E-state index is 0.0389. The standard InChI is InChI=1S/C26H24N2O6S/c1-3-33-26(30)24(28-34-35(31,32)23-7-5-4-6-8-23)25(29)21-11-9-19(10-12-21)17-18(2)20-13-15-22(27)16-14-20/h4-16H,2-3,17,27H2,1H3. The zero-order valence-corrected chi connectivity index (χ0v) is 19.8. The Hall–Kier alpha value is -4.24. The predicted molar refractivity (Wildman–Crippen MR) is 133 cm³/mol. The first-order chi connectivity index (χ1) is 16.7. The molecule has 0 spiro atoms. The van der Waals surface area contributed by atoms with Crippen LogP contribution in [0.2, 0.25) is 0 Å². The van der Waals surface area contributed by atoms with E-state index in [0.717, 1.165) is 16.7 Å². The molecule has 0 heterocycles. The van der Waals surface area contributed by atoms with E-state index in [0.29, 0.717) is 12.1 Å². The van der Waals surface area contributed by atoms with E-state index >= 15 is 0 Å². The molecule has 0 aliphatic heterocycles. The van der Waals surface area contributed by atoms with Gasteiger partial charge in [-0.05, 0) is 54.3 Å². The van der Waals surface area contributed by atoms with Gasteiger partial charge in [0.2, 0.25) is 11.5 Å². The van der Waals surface area contributed by atoms with Crippen LogP contribution < -0.4 is 5.73 Å². The molecule has 0 bridgehead atoms. The minimum Gasteiger partial charge on any atom is -0.461 e. The van der Waals surface area contributed by atoms with E-state index in [1.807, 2.05) is 12.1 Å². The third-order valence-corrected chi connectivity index (χ3v) is 6.02. The average Bonchev–Trinajstić information content (AvgIpc) is 2.85. The third kappa shape index (κ3) is 6.64. The lowest BCUT2D eigenvalue weighted by atomic mass is 9.97. The molecule has 2 N–H and O–H groups in total. The molecule has 180 valence electrons. The molecule has 9 heteroatoms. The van der Waals surface area contributed by atoms with Crippen LogP contribution in [0, 0.1) is 0 Å². The Kier molecular flexibility index (Phi) is 8.17. The molecule has 0 atom stereocenters. The number of ether oxygens (including phenoxy) is 1. The topological polar surface area (TPSA) is 125 Å². The van der Waals surface area contributed by atoms with Gasteiger partial charge in [0.15, 0.2) is 0 Å². The van der Waals surface area contributed by atoms with E-state index in [-0.39, 0.29) is 17.1 Å². The van der Waals surface area contributed by atoms with Gasteiger partial charge in [-0.25, -0.2) is 4.79 Å². The van der Waals surface area contributed by atoms with Crippen LogP contribution >= 0.6 is 0 Å². The number of esters is 1. The van der Waals surface area contributed by atoms with Crippen LogP contribution in [-0.4, -0.2) is 32.5 Å². The summed E-state index contributed by atoms with van der Waals surface area (Å²) in [7, 11) is -4.33. The maximum atomic E-state index is 13.0. The number of anilines is 1. The van der Waals surface area contributed by atoms with Crippen molar-refractivity contribution in [3.05, 3.63) is 102 Å². The number of hydrogen-bond donors (Lipinski definition) is 1. The number of carbonyl (C=O) groups excluding carboxylic acids is 2. The Labute approximate surface area is 203 Å². The van der Waals surface area contributed by atoms with Gasteiger partial charge in [0, 0.05) is 11.3 Å². The number of ketones is 1. The first-order valence-corrected chi connectivity index (χ1v) is 12.0.